The third-order valence-corrected chi connectivity index (χ3v) is 3.34. The van der Waals surface area contributed by atoms with Crippen LogP contribution in [-0.2, 0) is 17.9 Å². The van der Waals surface area contributed by atoms with Crippen LogP contribution in [0.5, 0.6) is 0 Å². The van der Waals surface area contributed by atoms with E-state index in [0.717, 1.165) is 16.9 Å². The number of rotatable bonds is 5. The summed E-state index contributed by atoms with van der Waals surface area (Å²) in [6.07, 6.45) is 3.85. The monoisotopic (exact) mass is 295 g/mol. The van der Waals surface area contributed by atoms with Gasteiger partial charge in [-0.25, -0.2) is 4.98 Å². The van der Waals surface area contributed by atoms with Crippen molar-refractivity contribution >= 4 is 11.6 Å². The molecule has 2 aromatic heterocycles. The molecule has 112 valence electrons. The van der Waals surface area contributed by atoms with E-state index in [-0.39, 0.29) is 5.91 Å². The standard InChI is InChI=1S/C17H17N3O2/c1-22-12-13-5-4-6-14(9-13)17(21)18-10-15-11-20-8-3-2-7-16(20)19-15/h2-9,11H,10,12H2,1H3,(H,18,21). The number of benzene rings is 1. The van der Waals surface area contributed by atoms with E-state index in [9.17, 15) is 4.79 Å². The molecule has 1 N–H and O–H groups in total. The van der Waals surface area contributed by atoms with Crippen molar-refractivity contribution in [3.8, 4) is 0 Å². The van der Waals surface area contributed by atoms with Gasteiger partial charge in [0.15, 0.2) is 0 Å². The van der Waals surface area contributed by atoms with Crippen LogP contribution in [0.15, 0.2) is 54.9 Å². The SMILES string of the molecule is COCc1cccc(C(=O)NCc2cn3ccccc3n2)c1. The van der Waals surface area contributed by atoms with Crippen LogP contribution in [0, 0.1) is 0 Å². The fourth-order valence-corrected chi connectivity index (χ4v) is 2.31. The molecular weight excluding hydrogens is 278 g/mol. The topological polar surface area (TPSA) is 55.6 Å². The summed E-state index contributed by atoms with van der Waals surface area (Å²) in [7, 11) is 1.64. The predicted molar refractivity (Wildman–Crippen MR) is 83.5 cm³/mol. The summed E-state index contributed by atoms with van der Waals surface area (Å²) in [5.74, 6) is -0.116. The number of carbonyl (C=O) groups is 1. The maximum Gasteiger partial charge on any atom is 0.251 e. The lowest BCUT2D eigenvalue weighted by molar-refractivity contribution is 0.0950. The summed E-state index contributed by atoms with van der Waals surface area (Å²) in [4.78, 5) is 16.7. The van der Waals surface area contributed by atoms with Crippen molar-refractivity contribution in [2.45, 2.75) is 13.2 Å². The highest BCUT2D eigenvalue weighted by molar-refractivity contribution is 5.94. The number of carbonyl (C=O) groups excluding carboxylic acids is 1. The van der Waals surface area contributed by atoms with Crippen LogP contribution in [0.25, 0.3) is 5.65 Å². The summed E-state index contributed by atoms with van der Waals surface area (Å²) in [5, 5.41) is 2.89. The van der Waals surface area contributed by atoms with E-state index in [1.807, 2.05) is 53.2 Å². The molecule has 3 aromatic rings. The second kappa shape index (κ2) is 6.41. The highest BCUT2D eigenvalue weighted by Crippen LogP contribution is 2.08. The Labute approximate surface area is 128 Å². The zero-order valence-corrected chi connectivity index (χ0v) is 12.3. The van der Waals surface area contributed by atoms with Crippen molar-refractivity contribution in [2.75, 3.05) is 7.11 Å². The van der Waals surface area contributed by atoms with Gasteiger partial charge >= 0.3 is 0 Å². The first-order chi connectivity index (χ1) is 10.8. The van der Waals surface area contributed by atoms with Gasteiger partial charge in [-0.05, 0) is 29.8 Å². The molecule has 5 nitrogen and oxygen atoms in total. The van der Waals surface area contributed by atoms with Crippen molar-refractivity contribution in [1.29, 1.82) is 0 Å². The van der Waals surface area contributed by atoms with Crippen molar-refractivity contribution in [2.24, 2.45) is 0 Å². The van der Waals surface area contributed by atoms with Gasteiger partial charge in [0.1, 0.15) is 5.65 Å². The van der Waals surface area contributed by atoms with Crippen molar-refractivity contribution in [1.82, 2.24) is 14.7 Å². The zero-order valence-electron chi connectivity index (χ0n) is 12.3. The summed E-state index contributed by atoms with van der Waals surface area (Å²) >= 11 is 0. The molecule has 0 radical (unpaired) electrons. The Balaban J connectivity index is 1.67. The van der Waals surface area contributed by atoms with Gasteiger partial charge in [0, 0.05) is 25.1 Å². The Morgan fingerprint density at radius 3 is 3.00 bits per heavy atom. The molecule has 0 aliphatic heterocycles. The molecule has 0 aliphatic carbocycles. The first kappa shape index (κ1) is 14.3. The maximum atomic E-state index is 12.2. The highest BCUT2D eigenvalue weighted by atomic mass is 16.5. The van der Waals surface area contributed by atoms with Crippen LogP contribution in [0.4, 0.5) is 0 Å². The van der Waals surface area contributed by atoms with E-state index in [0.29, 0.717) is 18.7 Å². The van der Waals surface area contributed by atoms with Gasteiger partial charge in [0.25, 0.3) is 5.91 Å². The molecular formula is C17H17N3O2. The average molecular weight is 295 g/mol. The number of imidazole rings is 1. The average Bonchev–Trinajstić information content (AvgIpc) is 2.96. The van der Waals surface area contributed by atoms with Gasteiger partial charge in [-0.2, -0.15) is 0 Å². The highest BCUT2D eigenvalue weighted by Gasteiger charge is 2.07. The molecule has 5 heteroatoms. The number of nitrogens with zero attached hydrogens (tertiary/aromatic N) is 2. The van der Waals surface area contributed by atoms with Crippen molar-refractivity contribution in [3.05, 3.63) is 71.7 Å². The summed E-state index contributed by atoms with van der Waals surface area (Å²) in [5.41, 5.74) is 3.29. The number of hydrogen-bond donors (Lipinski definition) is 1. The first-order valence-corrected chi connectivity index (χ1v) is 7.05. The van der Waals surface area contributed by atoms with Gasteiger partial charge in [0.2, 0.25) is 0 Å². The van der Waals surface area contributed by atoms with Crippen LogP contribution in [0.3, 0.4) is 0 Å². The number of ether oxygens (including phenoxy) is 1. The second-order valence-corrected chi connectivity index (χ2v) is 5.01. The lowest BCUT2D eigenvalue weighted by Gasteiger charge is -2.05. The third-order valence-electron chi connectivity index (χ3n) is 3.34. The first-order valence-electron chi connectivity index (χ1n) is 7.05. The number of methoxy groups -OCH3 is 1. The third kappa shape index (κ3) is 3.15. The van der Waals surface area contributed by atoms with Gasteiger partial charge < -0.3 is 14.5 Å². The van der Waals surface area contributed by atoms with E-state index < -0.39 is 0 Å². The lowest BCUT2D eigenvalue weighted by Crippen LogP contribution is -2.23. The molecule has 0 aliphatic rings. The normalized spacial score (nSPS) is 10.8. The predicted octanol–water partition coefficient (Wildman–Crippen LogP) is 2.41. The number of amides is 1. The minimum atomic E-state index is -0.116. The number of nitrogens with one attached hydrogen (secondary N) is 1. The Morgan fingerprint density at radius 1 is 1.27 bits per heavy atom. The van der Waals surface area contributed by atoms with Gasteiger partial charge in [-0.1, -0.05) is 18.2 Å². The van der Waals surface area contributed by atoms with Gasteiger partial charge in [-0.3, -0.25) is 4.79 Å². The summed E-state index contributed by atoms with van der Waals surface area (Å²) in [6.45, 7) is 0.891. The summed E-state index contributed by atoms with van der Waals surface area (Å²) in [6, 6.07) is 13.2. The van der Waals surface area contributed by atoms with Gasteiger partial charge in [-0.15, -0.1) is 0 Å². The zero-order chi connectivity index (χ0) is 15.4. The van der Waals surface area contributed by atoms with Crippen LogP contribution >= 0.6 is 0 Å². The second-order valence-electron chi connectivity index (χ2n) is 5.01. The maximum absolute atomic E-state index is 12.2. The Kier molecular flexibility index (Phi) is 4.16. The molecule has 0 saturated heterocycles. The number of aromatic nitrogens is 2. The molecule has 0 spiro atoms. The van der Waals surface area contributed by atoms with E-state index >= 15 is 0 Å². The molecule has 0 atom stereocenters. The molecule has 2 heterocycles. The van der Waals surface area contributed by atoms with E-state index in [4.69, 9.17) is 4.74 Å². The molecule has 0 unspecified atom stereocenters. The minimum Gasteiger partial charge on any atom is -0.380 e. The van der Waals surface area contributed by atoms with Crippen LogP contribution in [0.2, 0.25) is 0 Å². The molecule has 1 aromatic carbocycles. The fourth-order valence-electron chi connectivity index (χ4n) is 2.31. The Morgan fingerprint density at radius 2 is 2.18 bits per heavy atom. The fraction of sp³-hybridized carbons (Fsp3) is 0.176. The number of hydrogen-bond acceptors (Lipinski definition) is 3. The van der Waals surface area contributed by atoms with E-state index in [2.05, 4.69) is 10.3 Å². The molecule has 22 heavy (non-hydrogen) atoms. The quantitative estimate of drug-likeness (QED) is 0.786. The molecule has 0 saturated carbocycles. The van der Waals surface area contributed by atoms with E-state index in [1.165, 1.54) is 0 Å². The smallest absolute Gasteiger partial charge is 0.251 e. The molecule has 3 rings (SSSR count). The van der Waals surface area contributed by atoms with Gasteiger partial charge in [0.05, 0.1) is 18.8 Å². The van der Waals surface area contributed by atoms with Crippen LogP contribution < -0.4 is 5.32 Å². The Bertz CT molecular complexity index is 762. The van der Waals surface area contributed by atoms with Crippen LogP contribution in [-0.4, -0.2) is 22.4 Å². The lowest BCUT2D eigenvalue weighted by atomic mass is 10.1. The van der Waals surface area contributed by atoms with Crippen LogP contribution in [0.1, 0.15) is 21.6 Å². The Hall–Kier alpha value is -2.66. The van der Waals surface area contributed by atoms with E-state index in [1.54, 1.807) is 13.2 Å². The number of fused-ring (bicyclic) bond motifs is 1. The van der Waals surface area contributed by atoms with Crippen molar-refractivity contribution < 1.29 is 9.53 Å². The number of pyridine rings is 1. The molecule has 1 amide bonds. The van der Waals surface area contributed by atoms with Crippen molar-refractivity contribution in [3.63, 3.8) is 0 Å². The summed E-state index contributed by atoms with van der Waals surface area (Å²) < 4.78 is 7.01. The minimum absolute atomic E-state index is 0.116. The molecule has 0 bridgehead atoms. The largest absolute Gasteiger partial charge is 0.380 e. The molecule has 0 fully saturated rings.